The molecule has 2 rings (SSSR count). The molecule has 5 nitrogen and oxygen atoms in total. The quantitative estimate of drug-likeness (QED) is 0.535. The van der Waals surface area contributed by atoms with Crippen LogP contribution in [0.3, 0.4) is 0 Å². The number of sulfone groups is 1. The van der Waals surface area contributed by atoms with Crippen molar-refractivity contribution in [2.75, 3.05) is 12.9 Å². The first-order valence-electron chi connectivity index (χ1n) is 8.80. The van der Waals surface area contributed by atoms with Crippen molar-refractivity contribution < 1.29 is 22.7 Å². The molecule has 2 aromatic rings. The predicted octanol–water partition coefficient (Wildman–Crippen LogP) is 3.56. The summed E-state index contributed by atoms with van der Waals surface area (Å²) in [7, 11) is -3.44. The number of benzene rings is 2. The lowest BCUT2D eigenvalue weighted by Gasteiger charge is -2.11. The van der Waals surface area contributed by atoms with Gasteiger partial charge in [0.1, 0.15) is 0 Å². The SMILES string of the molecule is CCc1ccc(CC)c(C(=O)COC(=O)c2cc(S(C)(=O)=O)ccc2C)c1. The van der Waals surface area contributed by atoms with E-state index in [0.717, 1.165) is 23.8 Å². The molecule has 144 valence electrons. The third-order valence-electron chi connectivity index (χ3n) is 4.46. The van der Waals surface area contributed by atoms with Gasteiger partial charge in [-0.15, -0.1) is 0 Å². The normalized spacial score (nSPS) is 11.3. The Hall–Kier alpha value is -2.47. The minimum atomic E-state index is -3.44. The predicted molar refractivity (Wildman–Crippen MR) is 104 cm³/mol. The molecule has 0 aliphatic rings. The zero-order chi connectivity index (χ0) is 20.2. The summed E-state index contributed by atoms with van der Waals surface area (Å²) >= 11 is 0. The first-order chi connectivity index (χ1) is 12.7. The molecule has 0 saturated carbocycles. The first-order valence-corrected chi connectivity index (χ1v) is 10.7. The van der Waals surface area contributed by atoms with Gasteiger partial charge in [-0.1, -0.05) is 32.0 Å². The summed E-state index contributed by atoms with van der Waals surface area (Å²) in [5, 5.41) is 0. The van der Waals surface area contributed by atoms with Crippen molar-refractivity contribution in [3.63, 3.8) is 0 Å². The van der Waals surface area contributed by atoms with Gasteiger partial charge in [-0.05, 0) is 54.7 Å². The number of carbonyl (C=O) groups is 2. The Morgan fingerprint density at radius 1 is 0.963 bits per heavy atom. The van der Waals surface area contributed by atoms with Gasteiger partial charge in [0.05, 0.1) is 10.5 Å². The number of aryl methyl sites for hydroxylation is 3. The van der Waals surface area contributed by atoms with Crippen LogP contribution in [0.2, 0.25) is 0 Å². The maximum atomic E-state index is 12.6. The zero-order valence-corrected chi connectivity index (χ0v) is 16.9. The summed E-state index contributed by atoms with van der Waals surface area (Å²) in [5.74, 6) is -0.983. The zero-order valence-electron chi connectivity index (χ0n) is 16.0. The summed E-state index contributed by atoms with van der Waals surface area (Å²) in [4.78, 5) is 25.0. The molecule has 27 heavy (non-hydrogen) atoms. The van der Waals surface area contributed by atoms with Crippen LogP contribution in [0, 0.1) is 6.92 Å². The van der Waals surface area contributed by atoms with Gasteiger partial charge >= 0.3 is 5.97 Å². The van der Waals surface area contributed by atoms with Crippen LogP contribution in [0.1, 0.15) is 51.3 Å². The third kappa shape index (κ3) is 5.04. The monoisotopic (exact) mass is 388 g/mol. The number of hydrogen-bond acceptors (Lipinski definition) is 5. The highest BCUT2D eigenvalue weighted by atomic mass is 32.2. The Labute approximate surface area is 160 Å². The Morgan fingerprint density at radius 3 is 2.26 bits per heavy atom. The maximum absolute atomic E-state index is 12.6. The molecule has 0 heterocycles. The van der Waals surface area contributed by atoms with Gasteiger partial charge in [0.2, 0.25) is 5.78 Å². The number of ketones is 1. The molecule has 0 aliphatic heterocycles. The Morgan fingerprint density at radius 2 is 1.67 bits per heavy atom. The minimum absolute atomic E-state index is 0.0373. The standard InChI is InChI=1S/C21H24O5S/c1-5-15-8-9-16(6-2)19(11-15)20(22)13-26-21(23)18-12-17(27(4,24)25)10-7-14(18)3/h7-12H,5-6,13H2,1-4H3. The largest absolute Gasteiger partial charge is 0.454 e. The van der Waals surface area contributed by atoms with Crippen LogP contribution in [-0.2, 0) is 27.4 Å². The molecule has 0 N–H and O–H groups in total. The van der Waals surface area contributed by atoms with Crippen LogP contribution < -0.4 is 0 Å². The van der Waals surface area contributed by atoms with E-state index < -0.39 is 15.8 Å². The highest BCUT2D eigenvalue weighted by Crippen LogP contribution is 2.18. The number of carbonyl (C=O) groups excluding carboxylic acids is 2. The third-order valence-corrected chi connectivity index (χ3v) is 5.57. The van der Waals surface area contributed by atoms with Crippen molar-refractivity contribution in [1.82, 2.24) is 0 Å². The topological polar surface area (TPSA) is 77.5 Å². The molecule has 0 bridgehead atoms. The molecular weight excluding hydrogens is 364 g/mol. The summed E-state index contributed by atoms with van der Waals surface area (Å²) in [5.41, 5.74) is 3.24. The van der Waals surface area contributed by atoms with Crippen molar-refractivity contribution in [3.05, 3.63) is 64.2 Å². The molecule has 0 saturated heterocycles. The molecule has 0 aliphatic carbocycles. The summed E-state index contributed by atoms with van der Waals surface area (Å²) in [6, 6.07) is 10.0. The van der Waals surface area contributed by atoms with E-state index in [4.69, 9.17) is 4.74 Å². The second kappa shape index (κ2) is 8.48. The van der Waals surface area contributed by atoms with Crippen LogP contribution in [-0.4, -0.2) is 33.0 Å². The highest BCUT2D eigenvalue weighted by molar-refractivity contribution is 7.90. The lowest BCUT2D eigenvalue weighted by Crippen LogP contribution is -2.17. The lowest BCUT2D eigenvalue weighted by atomic mass is 9.98. The molecule has 0 aromatic heterocycles. The van der Waals surface area contributed by atoms with Crippen LogP contribution in [0.15, 0.2) is 41.3 Å². The maximum Gasteiger partial charge on any atom is 0.338 e. The smallest absolute Gasteiger partial charge is 0.338 e. The molecule has 2 aromatic carbocycles. The van der Waals surface area contributed by atoms with E-state index in [9.17, 15) is 18.0 Å². The van der Waals surface area contributed by atoms with Crippen molar-refractivity contribution in [1.29, 1.82) is 0 Å². The van der Waals surface area contributed by atoms with Gasteiger partial charge in [-0.2, -0.15) is 0 Å². The van der Waals surface area contributed by atoms with Crippen molar-refractivity contribution in [2.45, 2.75) is 38.5 Å². The average Bonchev–Trinajstić information content (AvgIpc) is 2.64. The van der Waals surface area contributed by atoms with E-state index in [2.05, 4.69) is 0 Å². The molecular formula is C21H24O5S. The highest BCUT2D eigenvalue weighted by Gasteiger charge is 2.18. The second-order valence-electron chi connectivity index (χ2n) is 6.45. The minimum Gasteiger partial charge on any atom is -0.454 e. The average molecular weight is 388 g/mol. The number of hydrogen-bond donors (Lipinski definition) is 0. The van der Waals surface area contributed by atoms with E-state index in [1.54, 1.807) is 13.0 Å². The molecule has 6 heteroatoms. The van der Waals surface area contributed by atoms with Gasteiger partial charge in [0, 0.05) is 11.8 Å². The van der Waals surface area contributed by atoms with Gasteiger partial charge in [-0.3, -0.25) is 4.79 Å². The van der Waals surface area contributed by atoms with E-state index >= 15 is 0 Å². The van der Waals surface area contributed by atoms with Crippen LogP contribution >= 0.6 is 0 Å². The first kappa shape index (κ1) is 20.8. The summed E-state index contributed by atoms with van der Waals surface area (Å²) in [6.07, 6.45) is 2.58. The molecule has 0 unspecified atom stereocenters. The van der Waals surface area contributed by atoms with Crippen LogP contribution in [0.4, 0.5) is 0 Å². The number of Topliss-reactive ketones (excluding diaryl/α,β-unsaturated/α-hetero) is 1. The molecule has 0 radical (unpaired) electrons. The fraction of sp³-hybridized carbons (Fsp3) is 0.333. The van der Waals surface area contributed by atoms with Crippen molar-refractivity contribution in [2.24, 2.45) is 0 Å². The van der Waals surface area contributed by atoms with Crippen molar-refractivity contribution >= 4 is 21.6 Å². The van der Waals surface area contributed by atoms with Crippen LogP contribution in [0.5, 0.6) is 0 Å². The van der Waals surface area contributed by atoms with Crippen LogP contribution in [0.25, 0.3) is 0 Å². The summed E-state index contributed by atoms with van der Waals surface area (Å²) < 4.78 is 28.6. The van der Waals surface area contributed by atoms with Gasteiger partial charge in [0.15, 0.2) is 16.4 Å². The molecule has 0 fully saturated rings. The van der Waals surface area contributed by atoms with E-state index in [1.807, 2.05) is 32.0 Å². The van der Waals surface area contributed by atoms with E-state index in [0.29, 0.717) is 17.5 Å². The second-order valence-corrected chi connectivity index (χ2v) is 8.46. The summed E-state index contributed by atoms with van der Waals surface area (Å²) in [6.45, 7) is 5.27. The Balaban J connectivity index is 2.20. The molecule has 0 amide bonds. The Kier molecular flexibility index (Phi) is 6.54. The Bertz CT molecular complexity index is 974. The van der Waals surface area contributed by atoms with Gasteiger partial charge < -0.3 is 4.74 Å². The van der Waals surface area contributed by atoms with Gasteiger partial charge in [-0.25, -0.2) is 13.2 Å². The fourth-order valence-corrected chi connectivity index (χ4v) is 3.40. The number of esters is 1. The fourth-order valence-electron chi connectivity index (χ4n) is 2.75. The number of rotatable bonds is 7. The van der Waals surface area contributed by atoms with E-state index in [1.165, 1.54) is 12.1 Å². The van der Waals surface area contributed by atoms with Crippen molar-refractivity contribution in [3.8, 4) is 0 Å². The lowest BCUT2D eigenvalue weighted by molar-refractivity contribution is 0.0473. The van der Waals surface area contributed by atoms with E-state index in [-0.39, 0.29) is 22.8 Å². The number of ether oxygens (including phenoxy) is 1. The molecule has 0 atom stereocenters. The van der Waals surface area contributed by atoms with Gasteiger partial charge in [0.25, 0.3) is 0 Å². The molecule has 0 spiro atoms.